The third-order valence-electron chi connectivity index (χ3n) is 8.89. The van der Waals surface area contributed by atoms with Crippen molar-refractivity contribution in [2.75, 3.05) is 44.2 Å². The van der Waals surface area contributed by atoms with Gasteiger partial charge in [0.05, 0.1) is 12.6 Å². The largest absolute Gasteiger partial charge is 0.369 e. The molecule has 1 aromatic carbocycles. The van der Waals surface area contributed by atoms with Gasteiger partial charge in [0.2, 0.25) is 11.8 Å². The second kappa shape index (κ2) is 12.1. The predicted molar refractivity (Wildman–Crippen MR) is 149 cm³/mol. The van der Waals surface area contributed by atoms with Gasteiger partial charge in [0, 0.05) is 50.4 Å². The average Bonchev–Trinajstić information content (AvgIpc) is 3.67. The number of nitrogens with zero attached hydrogens (tertiary/aromatic N) is 3. The SMILES string of the molecule is CC(C)CC(NC(=O)c1ccc(N2CCNCC2)cc1)C(=O)N1CCC2C1C(=O)CN2C(=O)CC1CCCC1. The molecule has 0 aromatic heterocycles. The van der Waals surface area contributed by atoms with Gasteiger partial charge in [0.25, 0.3) is 5.91 Å². The summed E-state index contributed by atoms with van der Waals surface area (Å²) in [5.41, 5.74) is 1.59. The van der Waals surface area contributed by atoms with E-state index in [4.69, 9.17) is 0 Å². The molecule has 1 aromatic rings. The van der Waals surface area contributed by atoms with Crippen LogP contribution in [0.2, 0.25) is 0 Å². The number of Topliss-reactive ketones (excluding diaryl/α,β-unsaturated/α-hetero) is 1. The Morgan fingerprint density at radius 2 is 1.67 bits per heavy atom. The molecule has 1 saturated carbocycles. The maximum absolute atomic E-state index is 13.8. The molecule has 5 rings (SSSR count). The minimum atomic E-state index is -0.722. The molecular weight excluding hydrogens is 494 g/mol. The molecule has 39 heavy (non-hydrogen) atoms. The first-order chi connectivity index (χ1) is 18.8. The number of benzene rings is 1. The molecule has 9 heteroatoms. The van der Waals surface area contributed by atoms with Crippen LogP contribution >= 0.6 is 0 Å². The fourth-order valence-corrected chi connectivity index (χ4v) is 6.85. The van der Waals surface area contributed by atoms with Gasteiger partial charge in [-0.3, -0.25) is 19.2 Å². The van der Waals surface area contributed by atoms with Gasteiger partial charge < -0.3 is 25.3 Å². The highest BCUT2D eigenvalue weighted by Crippen LogP contribution is 2.34. The van der Waals surface area contributed by atoms with Gasteiger partial charge in [0.15, 0.2) is 5.78 Å². The first-order valence-corrected chi connectivity index (χ1v) is 14.8. The quantitative estimate of drug-likeness (QED) is 0.527. The number of hydrogen-bond acceptors (Lipinski definition) is 6. The number of hydrogen-bond donors (Lipinski definition) is 2. The standard InChI is InChI=1S/C30H43N5O4/c1-20(2)17-24(32-29(38)22-7-9-23(10-8-22)33-15-12-31-13-16-33)30(39)34-14-11-25-28(34)26(36)19-35(25)27(37)18-21-5-3-4-6-21/h7-10,20-21,24-25,28,31H,3-6,11-19H2,1-2H3,(H,32,38). The Bertz CT molecular complexity index is 1060. The minimum Gasteiger partial charge on any atom is -0.369 e. The number of nitrogens with one attached hydrogen (secondary N) is 2. The maximum Gasteiger partial charge on any atom is 0.251 e. The van der Waals surface area contributed by atoms with Crippen LogP contribution in [0.15, 0.2) is 24.3 Å². The van der Waals surface area contributed by atoms with Crippen molar-refractivity contribution in [3.63, 3.8) is 0 Å². The Labute approximate surface area is 231 Å². The first kappa shape index (κ1) is 27.6. The lowest BCUT2D eigenvalue weighted by molar-refractivity contribution is -0.138. The smallest absolute Gasteiger partial charge is 0.251 e. The lowest BCUT2D eigenvalue weighted by atomic mass is 10.0. The lowest BCUT2D eigenvalue weighted by Crippen LogP contribution is -2.53. The first-order valence-electron chi connectivity index (χ1n) is 14.8. The van der Waals surface area contributed by atoms with Crippen LogP contribution in [0, 0.1) is 11.8 Å². The van der Waals surface area contributed by atoms with Crippen LogP contribution in [0.25, 0.3) is 0 Å². The Morgan fingerprint density at radius 3 is 2.33 bits per heavy atom. The van der Waals surface area contributed by atoms with Gasteiger partial charge in [-0.1, -0.05) is 26.7 Å². The predicted octanol–water partition coefficient (Wildman–Crippen LogP) is 2.20. The van der Waals surface area contributed by atoms with E-state index in [0.29, 0.717) is 37.3 Å². The zero-order chi connectivity index (χ0) is 27.5. The van der Waals surface area contributed by atoms with E-state index in [1.54, 1.807) is 9.80 Å². The number of fused-ring (bicyclic) bond motifs is 1. The molecule has 0 bridgehead atoms. The molecule has 3 amide bonds. The Morgan fingerprint density at radius 1 is 0.974 bits per heavy atom. The highest BCUT2D eigenvalue weighted by molar-refractivity contribution is 6.01. The highest BCUT2D eigenvalue weighted by Gasteiger charge is 2.52. The van der Waals surface area contributed by atoms with Crippen LogP contribution in [-0.4, -0.2) is 90.7 Å². The van der Waals surface area contributed by atoms with Crippen LogP contribution < -0.4 is 15.5 Å². The Hall–Kier alpha value is -2.94. The number of piperazine rings is 1. The third kappa shape index (κ3) is 6.13. The summed E-state index contributed by atoms with van der Waals surface area (Å²) in [6.45, 7) is 8.29. The molecule has 0 spiro atoms. The van der Waals surface area contributed by atoms with Crippen molar-refractivity contribution in [2.45, 2.75) is 76.9 Å². The molecule has 9 nitrogen and oxygen atoms in total. The molecule has 4 aliphatic rings. The van der Waals surface area contributed by atoms with Gasteiger partial charge in [-0.25, -0.2) is 0 Å². The molecule has 2 N–H and O–H groups in total. The van der Waals surface area contributed by atoms with E-state index in [1.165, 1.54) is 12.8 Å². The lowest BCUT2D eigenvalue weighted by Gasteiger charge is -2.30. The number of amides is 3. The normalized spacial score (nSPS) is 24.4. The van der Waals surface area contributed by atoms with E-state index in [9.17, 15) is 19.2 Å². The van der Waals surface area contributed by atoms with Crippen molar-refractivity contribution < 1.29 is 19.2 Å². The van der Waals surface area contributed by atoms with Gasteiger partial charge >= 0.3 is 0 Å². The van der Waals surface area contributed by atoms with Gasteiger partial charge in [-0.2, -0.15) is 0 Å². The summed E-state index contributed by atoms with van der Waals surface area (Å²) in [5, 5.41) is 6.31. The second-order valence-corrected chi connectivity index (χ2v) is 12.1. The molecule has 0 radical (unpaired) electrons. The van der Waals surface area contributed by atoms with Crippen molar-refractivity contribution in [1.82, 2.24) is 20.4 Å². The van der Waals surface area contributed by atoms with E-state index in [2.05, 4.69) is 15.5 Å². The molecule has 3 aliphatic heterocycles. The summed E-state index contributed by atoms with van der Waals surface area (Å²) in [7, 11) is 0. The summed E-state index contributed by atoms with van der Waals surface area (Å²) < 4.78 is 0. The molecule has 3 saturated heterocycles. The van der Waals surface area contributed by atoms with Crippen LogP contribution in [0.3, 0.4) is 0 Å². The highest BCUT2D eigenvalue weighted by atomic mass is 16.2. The second-order valence-electron chi connectivity index (χ2n) is 12.1. The van der Waals surface area contributed by atoms with E-state index in [1.807, 2.05) is 38.1 Å². The van der Waals surface area contributed by atoms with Crippen LogP contribution in [0.1, 0.15) is 69.2 Å². The average molecular weight is 538 g/mol. The minimum absolute atomic E-state index is 0.0494. The molecule has 3 heterocycles. The zero-order valence-corrected chi connectivity index (χ0v) is 23.4. The molecule has 3 atom stereocenters. The molecule has 212 valence electrons. The van der Waals surface area contributed by atoms with Crippen LogP contribution in [0.5, 0.6) is 0 Å². The zero-order valence-electron chi connectivity index (χ0n) is 23.4. The fourth-order valence-electron chi connectivity index (χ4n) is 6.85. The van der Waals surface area contributed by atoms with Gasteiger partial charge in [0.1, 0.15) is 12.1 Å². The Balaban J connectivity index is 1.24. The third-order valence-corrected chi connectivity index (χ3v) is 8.89. The molecule has 4 fully saturated rings. The molecule has 1 aliphatic carbocycles. The number of carbonyl (C=O) groups is 4. The van der Waals surface area contributed by atoms with E-state index in [0.717, 1.165) is 44.7 Å². The van der Waals surface area contributed by atoms with Gasteiger partial charge in [-0.05, 0) is 61.8 Å². The topological polar surface area (TPSA) is 102 Å². The number of anilines is 1. The van der Waals surface area contributed by atoms with Crippen LogP contribution in [0.4, 0.5) is 5.69 Å². The van der Waals surface area contributed by atoms with Crippen molar-refractivity contribution >= 4 is 29.2 Å². The van der Waals surface area contributed by atoms with Crippen LogP contribution in [-0.2, 0) is 14.4 Å². The Kier molecular flexibility index (Phi) is 8.54. The number of carbonyl (C=O) groups excluding carboxylic acids is 4. The molecule has 3 unspecified atom stereocenters. The van der Waals surface area contributed by atoms with Gasteiger partial charge in [-0.15, -0.1) is 0 Å². The molecular formula is C30H43N5O4. The number of ketones is 1. The summed E-state index contributed by atoms with van der Waals surface area (Å²) in [6, 6.07) is 5.96. The summed E-state index contributed by atoms with van der Waals surface area (Å²) in [4.78, 5) is 58.8. The maximum atomic E-state index is 13.8. The number of rotatable bonds is 8. The van der Waals surface area contributed by atoms with Crippen molar-refractivity contribution in [3.05, 3.63) is 29.8 Å². The summed E-state index contributed by atoms with van der Waals surface area (Å²) in [5.74, 6) is 0.0686. The van der Waals surface area contributed by atoms with Crippen molar-refractivity contribution in [2.24, 2.45) is 11.8 Å². The van der Waals surface area contributed by atoms with E-state index >= 15 is 0 Å². The fraction of sp³-hybridized carbons (Fsp3) is 0.667. The van der Waals surface area contributed by atoms with Crippen molar-refractivity contribution in [1.29, 1.82) is 0 Å². The van der Waals surface area contributed by atoms with E-state index in [-0.39, 0.29) is 42.0 Å². The van der Waals surface area contributed by atoms with Crippen molar-refractivity contribution in [3.8, 4) is 0 Å². The van der Waals surface area contributed by atoms with E-state index < -0.39 is 12.1 Å². The monoisotopic (exact) mass is 537 g/mol. The summed E-state index contributed by atoms with van der Waals surface area (Å²) >= 11 is 0. The number of likely N-dealkylation sites (tertiary alicyclic amines) is 2. The summed E-state index contributed by atoms with van der Waals surface area (Å²) in [6.07, 6.45) is 6.11.